The molecule has 0 unspecified atom stereocenters. The van der Waals surface area contributed by atoms with Crippen molar-refractivity contribution in [2.45, 2.75) is 44.4 Å². The van der Waals surface area contributed by atoms with Gasteiger partial charge in [0.05, 0.1) is 24.3 Å². The summed E-state index contributed by atoms with van der Waals surface area (Å²) in [7, 11) is -3.54. The zero-order chi connectivity index (χ0) is 30.3. The van der Waals surface area contributed by atoms with Crippen molar-refractivity contribution in [2.24, 2.45) is 0 Å². The number of rotatable bonds is 8. The Labute approximate surface area is 227 Å². The third kappa shape index (κ3) is 6.66. The molecule has 218 valence electrons. The summed E-state index contributed by atoms with van der Waals surface area (Å²) in [6.07, 6.45) is -10.7. The molecule has 10 nitrogen and oxygen atoms in total. The van der Waals surface area contributed by atoms with Gasteiger partial charge in [0.2, 0.25) is 0 Å². The zero-order valence-corrected chi connectivity index (χ0v) is 20.7. The Morgan fingerprint density at radius 3 is 2.12 bits per heavy atom. The third-order valence-corrected chi connectivity index (χ3v) is 6.53. The van der Waals surface area contributed by atoms with Crippen LogP contribution < -0.4 is 21.6 Å². The fraction of sp³-hybridized carbons (Fsp3) is 0.348. The van der Waals surface area contributed by atoms with Gasteiger partial charge in [0.1, 0.15) is 0 Å². The lowest BCUT2D eigenvalue weighted by Crippen LogP contribution is -2.44. The highest BCUT2D eigenvalue weighted by atomic mass is 19.4. The number of hydrogen-bond acceptors (Lipinski definition) is 7. The molecule has 5 N–H and O–H groups in total. The zero-order valence-electron chi connectivity index (χ0n) is 20.7. The van der Waals surface area contributed by atoms with Gasteiger partial charge in [0.15, 0.2) is 0 Å². The average molecular weight is 588 g/mol. The van der Waals surface area contributed by atoms with Gasteiger partial charge in [-0.25, -0.2) is 0 Å². The summed E-state index contributed by atoms with van der Waals surface area (Å²) in [5, 5.41) is 33.3. The number of carboxylic acids is 1. The van der Waals surface area contributed by atoms with E-state index in [4.69, 9.17) is 14.4 Å². The first kappa shape index (κ1) is 30.4. The molecule has 2 aromatic carbocycles. The Kier molecular flexibility index (Phi) is 8.40. The molecule has 0 aliphatic carbocycles. The number of fused-ring (bicyclic) bond motifs is 2. The number of alkyl halides is 6. The summed E-state index contributed by atoms with van der Waals surface area (Å²) in [6.45, 7) is -1.44. The number of halogens is 6. The Bertz CT molecular complexity index is 1390. The van der Waals surface area contributed by atoms with Gasteiger partial charge in [-0.15, -0.1) is 0 Å². The highest BCUT2D eigenvalue weighted by molar-refractivity contribution is 6.62. The van der Waals surface area contributed by atoms with Crippen LogP contribution in [0.25, 0.3) is 0 Å². The minimum Gasteiger partial charge on any atom is -0.481 e. The number of carboxylic acid groups (broad SMARTS) is 1. The molecule has 0 bridgehead atoms. The topological polar surface area (TPSA) is 154 Å². The highest BCUT2D eigenvalue weighted by Crippen LogP contribution is 2.34. The summed E-state index contributed by atoms with van der Waals surface area (Å²) in [5.41, 5.74) is -4.70. The summed E-state index contributed by atoms with van der Waals surface area (Å²) >= 11 is 0. The van der Waals surface area contributed by atoms with Gasteiger partial charge in [-0.1, -0.05) is 0 Å². The van der Waals surface area contributed by atoms with Gasteiger partial charge in [0, 0.05) is 30.1 Å². The molecular formula is C23H20B2F6N2O8. The summed E-state index contributed by atoms with van der Waals surface area (Å²) in [5.74, 6) is -3.42. The van der Waals surface area contributed by atoms with Crippen molar-refractivity contribution in [1.29, 1.82) is 0 Å². The first-order valence-corrected chi connectivity index (χ1v) is 11.9. The van der Waals surface area contributed by atoms with E-state index in [-0.39, 0.29) is 23.0 Å². The molecule has 0 fully saturated rings. The summed E-state index contributed by atoms with van der Waals surface area (Å²) in [6, 6.07) is 1.95. The van der Waals surface area contributed by atoms with Gasteiger partial charge < -0.3 is 35.1 Å². The maximum absolute atomic E-state index is 13.6. The highest BCUT2D eigenvalue weighted by Gasteiger charge is 2.43. The van der Waals surface area contributed by atoms with E-state index in [0.717, 1.165) is 12.1 Å². The van der Waals surface area contributed by atoms with E-state index in [1.807, 2.05) is 0 Å². The second kappa shape index (κ2) is 11.3. The van der Waals surface area contributed by atoms with E-state index in [2.05, 4.69) is 10.6 Å². The predicted octanol–water partition coefficient (Wildman–Crippen LogP) is 0.553. The molecule has 2 heterocycles. The lowest BCUT2D eigenvalue weighted by molar-refractivity contribution is -0.139. The quantitative estimate of drug-likeness (QED) is 0.222. The van der Waals surface area contributed by atoms with Crippen molar-refractivity contribution in [3.63, 3.8) is 0 Å². The second-order valence-corrected chi connectivity index (χ2v) is 9.32. The van der Waals surface area contributed by atoms with E-state index < -0.39 is 104 Å². The first-order valence-electron chi connectivity index (χ1n) is 11.9. The molecule has 41 heavy (non-hydrogen) atoms. The first-order chi connectivity index (χ1) is 19.1. The second-order valence-electron chi connectivity index (χ2n) is 9.32. The number of carbonyl (C=O) groups excluding carboxylic acids is 2. The summed E-state index contributed by atoms with van der Waals surface area (Å²) in [4.78, 5) is 36.7. The molecule has 2 aromatic rings. The number of carbonyl (C=O) groups is 3. The standard InChI is InChI=1S/C23H20B2F6N2O8/c26-22(27,28)15-4-11(6-17-14(15)9-41-24(17)38)20(36)32-7-13(1-2-18(34)35)33-21(37)10-3-12-8-40-25(39)19(12)16(5-10)23(29,30)31/h3-6,13,38-39H,1-2,7-9H2,(H,32,36)(H,33,37)(H,34,35)/t13-/m1/s1. The normalized spacial score (nSPS) is 15.4. The molecule has 2 aliphatic heterocycles. The van der Waals surface area contributed by atoms with Crippen LogP contribution in [0.1, 0.15) is 55.8 Å². The molecule has 2 amide bonds. The number of benzene rings is 2. The molecule has 2 aliphatic rings. The van der Waals surface area contributed by atoms with Gasteiger partial charge in [-0.2, -0.15) is 26.3 Å². The fourth-order valence-electron chi connectivity index (χ4n) is 4.56. The van der Waals surface area contributed by atoms with Gasteiger partial charge in [0.25, 0.3) is 11.8 Å². The fourth-order valence-corrected chi connectivity index (χ4v) is 4.56. The molecule has 0 aromatic heterocycles. The van der Waals surface area contributed by atoms with Crippen LogP contribution in [0.2, 0.25) is 0 Å². The van der Waals surface area contributed by atoms with Gasteiger partial charge in [-0.3, -0.25) is 14.4 Å². The van der Waals surface area contributed by atoms with Crippen LogP contribution in [-0.4, -0.2) is 59.8 Å². The van der Waals surface area contributed by atoms with Crippen LogP contribution in [0.5, 0.6) is 0 Å². The molecule has 0 radical (unpaired) electrons. The van der Waals surface area contributed by atoms with Crippen molar-refractivity contribution in [3.8, 4) is 0 Å². The van der Waals surface area contributed by atoms with Crippen molar-refractivity contribution in [1.82, 2.24) is 10.6 Å². The Morgan fingerprint density at radius 2 is 1.49 bits per heavy atom. The Hall–Kier alpha value is -3.60. The van der Waals surface area contributed by atoms with Crippen LogP contribution in [0.4, 0.5) is 26.3 Å². The van der Waals surface area contributed by atoms with E-state index in [9.17, 15) is 50.8 Å². The monoisotopic (exact) mass is 588 g/mol. The van der Waals surface area contributed by atoms with Crippen LogP contribution >= 0.6 is 0 Å². The summed E-state index contributed by atoms with van der Waals surface area (Å²) < 4.78 is 91.1. The Balaban J connectivity index is 1.54. The average Bonchev–Trinajstić information content (AvgIpc) is 3.45. The predicted molar refractivity (Wildman–Crippen MR) is 128 cm³/mol. The number of hydrogen-bond donors (Lipinski definition) is 5. The number of amides is 2. The lowest BCUT2D eigenvalue weighted by Gasteiger charge is -2.20. The van der Waals surface area contributed by atoms with Crippen LogP contribution in [0.3, 0.4) is 0 Å². The van der Waals surface area contributed by atoms with Crippen LogP contribution in [0, 0.1) is 0 Å². The van der Waals surface area contributed by atoms with E-state index in [0.29, 0.717) is 12.1 Å². The smallest absolute Gasteiger partial charge is 0.481 e. The molecule has 0 saturated carbocycles. The maximum atomic E-state index is 13.6. The van der Waals surface area contributed by atoms with E-state index in [1.165, 1.54) is 0 Å². The molecular weight excluding hydrogens is 568 g/mol. The molecule has 0 spiro atoms. The van der Waals surface area contributed by atoms with Crippen molar-refractivity contribution in [2.75, 3.05) is 6.54 Å². The van der Waals surface area contributed by atoms with Gasteiger partial charge >= 0.3 is 32.6 Å². The third-order valence-electron chi connectivity index (χ3n) is 6.53. The number of aliphatic carboxylic acids is 1. The number of nitrogens with one attached hydrogen (secondary N) is 2. The van der Waals surface area contributed by atoms with Crippen LogP contribution in [-0.2, 0) is 39.7 Å². The van der Waals surface area contributed by atoms with Crippen molar-refractivity contribution >= 4 is 42.9 Å². The minimum atomic E-state index is -4.95. The van der Waals surface area contributed by atoms with E-state index >= 15 is 0 Å². The molecule has 0 saturated heterocycles. The van der Waals surface area contributed by atoms with E-state index in [1.54, 1.807) is 0 Å². The lowest BCUT2D eigenvalue weighted by atomic mass is 9.75. The maximum Gasteiger partial charge on any atom is 0.492 e. The Morgan fingerprint density at radius 1 is 0.878 bits per heavy atom. The molecule has 4 rings (SSSR count). The minimum absolute atomic E-state index is 0.0869. The van der Waals surface area contributed by atoms with Crippen LogP contribution in [0.15, 0.2) is 24.3 Å². The van der Waals surface area contributed by atoms with Crippen molar-refractivity contribution < 1.29 is 65.2 Å². The molecule has 18 heteroatoms. The van der Waals surface area contributed by atoms with Gasteiger partial charge in [-0.05, 0) is 52.7 Å². The van der Waals surface area contributed by atoms with Crippen molar-refractivity contribution in [3.05, 3.63) is 57.6 Å². The largest absolute Gasteiger partial charge is 0.492 e. The SMILES string of the molecule is O=C(O)CC[C@H](CNC(=O)c1cc2c(c(C(F)(F)F)c1)COB2O)NC(=O)c1cc2c(c(C(F)(F)F)c1)B(O)OC2. The molecule has 1 atom stereocenters.